The van der Waals surface area contributed by atoms with Gasteiger partial charge in [0.05, 0.1) is 24.5 Å². The van der Waals surface area contributed by atoms with E-state index >= 15 is 0 Å². The Kier molecular flexibility index (Phi) is 3.98. The molecule has 1 heterocycles. The Labute approximate surface area is 131 Å². The standard InChI is InChI=1S/C16H13BrN2O2/c17-12-3-2-11(10-18)14(8-12)19-13-4-5-15-16(9-13)21-7-1-6-20-15/h2-5,8-9,19H,1,6-7H2. The van der Waals surface area contributed by atoms with Crippen LogP contribution in [-0.2, 0) is 0 Å². The molecule has 1 N–H and O–H groups in total. The lowest BCUT2D eigenvalue weighted by atomic mass is 10.2. The molecule has 3 rings (SSSR count). The summed E-state index contributed by atoms with van der Waals surface area (Å²) in [5.74, 6) is 1.49. The Morgan fingerprint density at radius 1 is 1.05 bits per heavy atom. The number of hydrogen-bond acceptors (Lipinski definition) is 4. The van der Waals surface area contributed by atoms with E-state index in [-0.39, 0.29) is 0 Å². The van der Waals surface area contributed by atoms with Crippen molar-refractivity contribution >= 4 is 27.3 Å². The van der Waals surface area contributed by atoms with Gasteiger partial charge in [-0.3, -0.25) is 0 Å². The van der Waals surface area contributed by atoms with Crippen LogP contribution in [0.4, 0.5) is 11.4 Å². The first-order chi connectivity index (χ1) is 10.3. The summed E-state index contributed by atoms with van der Waals surface area (Å²) in [7, 11) is 0. The molecular formula is C16H13BrN2O2. The number of fused-ring (bicyclic) bond motifs is 1. The third kappa shape index (κ3) is 3.11. The maximum Gasteiger partial charge on any atom is 0.163 e. The Balaban J connectivity index is 1.90. The molecular weight excluding hydrogens is 332 g/mol. The molecule has 0 aliphatic carbocycles. The van der Waals surface area contributed by atoms with E-state index in [4.69, 9.17) is 14.7 Å². The van der Waals surface area contributed by atoms with E-state index in [2.05, 4.69) is 27.3 Å². The van der Waals surface area contributed by atoms with Crippen molar-refractivity contribution in [1.29, 1.82) is 5.26 Å². The molecule has 0 spiro atoms. The molecule has 0 fully saturated rings. The van der Waals surface area contributed by atoms with Gasteiger partial charge < -0.3 is 14.8 Å². The van der Waals surface area contributed by atoms with Crippen LogP contribution in [0.5, 0.6) is 11.5 Å². The van der Waals surface area contributed by atoms with Crippen molar-refractivity contribution in [1.82, 2.24) is 0 Å². The van der Waals surface area contributed by atoms with Crippen molar-refractivity contribution in [2.24, 2.45) is 0 Å². The maximum atomic E-state index is 9.17. The number of ether oxygens (including phenoxy) is 2. The van der Waals surface area contributed by atoms with Crippen LogP contribution >= 0.6 is 15.9 Å². The van der Waals surface area contributed by atoms with E-state index in [1.165, 1.54) is 0 Å². The molecule has 2 aromatic rings. The van der Waals surface area contributed by atoms with Gasteiger partial charge in [0.1, 0.15) is 6.07 Å². The van der Waals surface area contributed by atoms with Gasteiger partial charge in [-0.05, 0) is 30.3 Å². The van der Waals surface area contributed by atoms with E-state index in [0.717, 1.165) is 33.8 Å². The highest BCUT2D eigenvalue weighted by Crippen LogP contribution is 2.34. The van der Waals surface area contributed by atoms with Crippen molar-refractivity contribution < 1.29 is 9.47 Å². The highest BCUT2D eigenvalue weighted by Gasteiger charge is 2.11. The van der Waals surface area contributed by atoms with E-state index in [9.17, 15) is 0 Å². The molecule has 0 saturated carbocycles. The molecule has 0 radical (unpaired) electrons. The molecule has 1 aliphatic heterocycles. The minimum absolute atomic E-state index is 0.588. The second-order valence-corrected chi connectivity index (χ2v) is 5.55. The zero-order chi connectivity index (χ0) is 14.7. The van der Waals surface area contributed by atoms with Crippen molar-refractivity contribution in [3.05, 3.63) is 46.4 Å². The molecule has 2 aromatic carbocycles. The molecule has 0 atom stereocenters. The Morgan fingerprint density at radius 2 is 1.86 bits per heavy atom. The third-order valence-electron chi connectivity index (χ3n) is 3.13. The van der Waals surface area contributed by atoms with E-state index in [0.29, 0.717) is 18.8 Å². The predicted molar refractivity (Wildman–Crippen MR) is 84.2 cm³/mol. The van der Waals surface area contributed by atoms with Crippen LogP contribution in [0.2, 0.25) is 0 Å². The molecule has 21 heavy (non-hydrogen) atoms. The second-order valence-electron chi connectivity index (χ2n) is 4.64. The summed E-state index contributed by atoms with van der Waals surface area (Å²) in [6.07, 6.45) is 0.877. The smallest absolute Gasteiger partial charge is 0.163 e. The number of anilines is 2. The molecule has 106 valence electrons. The lowest BCUT2D eigenvalue weighted by molar-refractivity contribution is 0.297. The van der Waals surface area contributed by atoms with Crippen LogP contribution < -0.4 is 14.8 Å². The molecule has 0 aromatic heterocycles. The van der Waals surface area contributed by atoms with Gasteiger partial charge in [0.25, 0.3) is 0 Å². The summed E-state index contributed by atoms with van der Waals surface area (Å²) < 4.78 is 12.2. The summed E-state index contributed by atoms with van der Waals surface area (Å²) >= 11 is 3.42. The number of benzene rings is 2. The zero-order valence-corrected chi connectivity index (χ0v) is 12.8. The lowest BCUT2D eigenvalue weighted by Crippen LogP contribution is -1.97. The molecule has 0 saturated heterocycles. The fourth-order valence-corrected chi connectivity index (χ4v) is 2.48. The number of nitrogens with zero attached hydrogens (tertiary/aromatic N) is 1. The largest absolute Gasteiger partial charge is 0.490 e. The van der Waals surface area contributed by atoms with Gasteiger partial charge in [-0.15, -0.1) is 0 Å². The normalized spacial score (nSPS) is 13.1. The quantitative estimate of drug-likeness (QED) is 0.885. The van der Waals surface area contributed by atoms with Crippen LogP contribution in [0.1, 0.15) is 12.0 Å². The van der Waals surface area contributed by atoms with E-state index < -0.39 is 0 Å². The molecule has 4 nitrogen and oxygen atoms in total. The average molecular weight is 345 g/mol. The van der Waals surface area contributed by atoms with Crippen LogP contribution in [0, 0.1) is 11.3 Å². The van der Waals surface area contributed by atoms with Gasteiger partial charge in [-0.2, -0.15) is 5.26 Å². The van der Waals surface area contributed by atoms with Gasteiger partial charge in [0.15, 0.2) is 11.5 Å². The fraction of sp³-hybridized carbons (Fsp3) is 0.188. The molecule has 0 amide bonds. The topological polar surface area (TPSA) is 54.3 Å². The van der Waals surface area contributed by atoms with Crippen LogP contribution in [-0.4, -0.2) is 13.2 Å². The first kappa shape index (κ1) is 13.8. The van der Waals surface area contributed by atoms with Gasteiger partial charge >= 0.3 is 0 Å². The summed E-state index contributed by atoms with van der Waals surface area (Å²) in [5, 5.41) is 12.4. The van der Waals surface area contributed by atoms with Gasteiger partial charge in [-0.25, -0.2) is 0 Å². The number of nitriles is 1. The molecule has 5 heteroatoms. The number of nitrogens with one attached hydrogen (secondary N) is 1. The fourth-order valence-electron chi connectivity index (χ4n) is 2.11. The highest BCUT2D eigenvalue weighted by molar-refractivity contribution is 9.10. The van der Waals surface area contributed by atoms with Gasteiger partial charge in [0.2, 0.25) is 0 Å². The lowest BCUT2D eigenvalue weighted by Gasteiger charge is -2.12. The minimum atomic E-state index is 0.588. The number of hydrogen-bond donors (Lipinski definition) is 1. The minimum Gasteiger partial charge on any atom is -0.490 e. The third-order valence-corrected chi connectivity index (χ3v) is 3.62. The average Bonchev–Trinajstić information content (AvgIpc) is 2.72. The number of halogens is 1. The summed E-state index contributed by atoms with van der Waals surface area (Å²) in [5.41, 5.74) is 2.19. The van der Waals surface area contributed by atoms with Crippen molar-refractivity contribution in [2.45, 2.75) is 6.42 Å². The monoisotopic (exact) mass is 344 g/mol. The van der Waals surface area contributed by atoms with Crippen molar-refractivity contribution in [3.63, 3.8) is 0 Å². The van der Waals surface area contributed by atoms with Crippen LogP contribution in [0.3, 0.4) is 0 Å². The van der Waals surface area contributed by atoms with E-state index in [1.54, 1.807) is 6.07 Å². The summed E-state index contributed by atoms with van der Waals surface area (Å²) in [4.78, 5) is 0. The maximum absolute atomic E-state index is 9.17. The first-order valence-corrected chi connectivity index (χ1v) is 7.42. The predicted octanol–water partition coefficient (Wildman–Crippen LogP) is 4.23. The van der Waals surface area contributed by atoms with Crippen molar-refractivity contribution in [3.8, 4) is 17.6 Å². The molecule has 1 aliphatic rings. The molecule has 0 bridgehead atoms. The first-order valence-electron chi connectivity index (χ1n) is 6.62. The van der Waals surface area contributed by atoms with Gasteiger partial charge in [0, 0.05) is 22.6 Å². The zero-order valence-electron chi connectivity index (χ0n) is 11.2. The number of rotatable bonds is 2. The Morgan fingerprint density at radius 3 is 2.67 bits per heavy atom. The summed E-state index contributed by atoms with van der Waals surface area (Å²) in [6.45, 7) is 1.32. The summed E-state index contributed by atoms with van der Waals surface area (Å²) in [6, 6.07) is 13.4. The second kappa shape index (κ2) is 6.06. The van der Waals surface area contributed by atoms with Crippen LogP contribution in [0.25, 0.3) is 0 Å². The van der Waals surface area contributed by atoms with E-state index in [1.807, 2.05) is 30.3 Å². The Bertz CT molecular complexity index is 710. The van der Waals surface area contributed by atoms with Crippen molar-refractivity contribution in [2.75, 3.05) is 18.5 Å². The van der Waals surface area contributed by atoms with Gasteiger partial charge in [-0.1, -0.05) is 15.9 Å². The highest BCUT2D eigenvalue weighted by atomic mass is 79.9. The molecule has 0 unspecified atom stereocenters. The SMILES string of the molecule is N#Cc1ccc(Br)cc1Nc1ccc2c(c1)OCCCO2. The van der Waals surface area contributed by atoms with Crippen LogP contribution in [0.15, 0.2) is 40.9 Å². The Hall–Kier alpha value is -2.19.